The highest BCUT2D eigenvalue weighted by Gasteiger charge is 2.31. The fraction of sp³-hybridized carbons (Fsp3) is 0.526. The molecule has 4 rings (SSSR count). The predicted octanol–water partition coefficient (Wildman–Crippen LogP) is 1.93. The van der Waals surface area contributed by atoms with Crippen molar-refractivity contribution in [3.05, 3.63) is 41.1 Å². The third kappa shape index (κ3) is 3.99. The van der Waals surface area contributed by atoms with Gasteiger partial charge in [-0.3, -0.25) is 9.48 Å². The summed E-state index contributed by atoms with van der Waals surface area (Å²) in [6.45, 7) is 4.58. The van der Waals surface area contributed by atoms with Crippen molar-refractivity contribution in [1.82, 2.24) is 25.3 Å². The van der Waals surface area contributed by atoms with Gasteiger partial charge in [0.25, 0.3) is 0 Å². The average molecular weight is 371 g/mol. The fourth-order valence-corrected chi connectivity index (χ4v) is 3.49. The molecule has 0 radical (unpaired) electrons. The summed E-state index contributed by atoms with van der Waals surface area (Å²) in [6.07, 6.45) is 3.21. The van der Waals surface area contributed by atoms with Gasteiger partial charge in [0, 0.05) is 12.5 Å². The van der Waals surface area contributed by atoms with Crippen molar-refractivity contribution in [2.75, 3.05) is 6.54 Å². The molecule has 144 valence electrons. The number of hydrogen-bond acceptors (Lipinski definition) is 4. The Balaban J connectivity index is 1.26. The monoisotopic (exact) mass is 371 g/mol. The number of nitrogens with one attached hydrogen (secondary N) is 2. The minimum Gasteiger partial charge on any atom is -0.465 e. The van der Waals surface area contributed by atoms with Gasteiger partial charge in [0.05, 0.1) is 37.6 Å². The van der Waals surface area contributed by atoms with Crippen molar-refractivity contribution in [3.63, 3.8) is 0 Å². The maximum Gasteiger partial charge on any atom is 0.315 e. The smallest absolute Gasteiger partial charge is 0.315 e. The molecule has 8 nitrogen and oxygen atoms in total. The van der Waals surface area contributed by atoms with Crippen molar-refractivity contribution in [3.8, 4) is 0 Å². The second kappa shape index (κ2) is 7.46. The SMILES string of the molecule is Cc1ccc(CNC(=O)NCc2cc3n(n2)CCN(C(=O)C2CCC2)C3)o1. The number of carbonyl (C=O) groups excluding carboxylic acids is 2. The van der Waals surface area contributed by atoms with Crippen molar-refractivity contribution < 1.29 is 14.0 Å². The molecule has 0 saturated heterocycles. The van der Waals surface area contributed by atoms with E-state index >= 15 is 0 Å². The lowest BCUT2D eigenvalue weighted by Crippen LogP contribution is -2.43. The van der Waals surface area contributed by atoms with Crippen molar-refractivity contribution >= 4 is 11.9 Å². The Morgan fingerprint density at radius 3 is 2.74 bits per heavy atom. The largest absolute Gasteiger partial charge is 0.465 e. The van der Waals surface area contributed by atoms with E-state index in [9.17, 15) is 9.59 Å². The van der Waals surface area contributed by atoms with Gasteiger partial charge in [-0.1, -0.05) is 6.42 Å². The molecule has 0 bridgehead atoms. The molecule has 2 aromatic rings. The van der Waals surface area contributed by atoms with E-state index in [1.807, 2.05) is 34.7 Å². The second-order valence-electron chi connectivity index (χ2n) is 7.29. The molecule has 3 amide bonds. The van der Waals surface area contributed by atoms with Gasteiger partial charge in [0.1, 0.15) is 11.5 Å². The van der Waals surface area contributed by atoms with Crippen LogP contribution in [0.3, 0.4) is 0 Å². The van der Waals surface area contributed by atoms with Crippen molar-refractivity contribution in [1.29, 1.82) is 0 Å². The number of aryl methyl sites for hydroxylation is 1. The minimum atomic E-state index is -0.267. The topological polar surface area (TPSA) is 92.4 Å². The highest BCUT2D eigenvalue weighted by molar-refractivity contribution is 5.79. The van der Waals surface area contributed by atoms with Crippen LogP contribution in [0.25, 0.3) is 0 Å². The molecular weight excluding hydrogens is 346 g/mol. The van der Waals surface area contributed by atoms with E-state index in [1.54, 1.807) is 0 Å². The molecule has 2 N–H and O–H groups in total. The van der Waals surface area contributed by atoms with E-state index < -0.39 is 0 Å². The molecule has 3 heterocycles. The highest BCUT2D eigenvalue weighted by Crippen LogP contribution is 2.29. The van der Waals surface area contributed by atoms with Gasteiger partial charge in [-0.25, -0.2) is 4.79 Å². The van der Waals surface area contributed by atoms with Crippen LogP contribution in [0, 0.1) is 12.8 Å². The molecule has 0 unspecified atom stereocenters. The normalized spacial score (nSPS) is 16.6. The number of amides is 3. The van der Waals surface area contributed by atoms with Crippen LogP contribution in [0.5, 0.6) is 0 Å². The first kappa shape index (κ1) is 17.6. The number of urea groups is 1. The molecule has 1 fully saturated rings. The van der Waals surface area contributed by atoms with E-state index in [-0.39, 0.29) is 17.9 Å². The van der Waals surface area contributed by atoms with Crippen LogP contribution in [-0.2, 0) is 31.0 Å². The van der Waals surface area contributed by atoms with Gasteiger partial charge in [0.15, 0.2) is 0 Å². The standard InChI is InChI=1S/C19H25N5O3/c1-13-5-6-17(27-13)11-21-19(26)20-10-15-9-16-12-23(7-8-24(16)22-15)18(25)14-3-2-4-14/h5-6,9,14H,2-4,7-8,10-12H2,1H3,(H2,20,21,26). The first-order valence-electron chi connectivity index (χ1n) is 9.50. The number of furan rings is 1. The third-order valence-corrected chi connectivity index (χ3v) is 5.26. The minimum absolute atomic E-state index is 0.224. The Morgan fingerprint density at radius 1 is 1.22 bits per heavy atom. The first-order valence-corrected chi connectivity index (χ1v) is 9.50. The van der Waals surface area contributed by atoms with Crippen LogP contribution >= 0.6 is 0 Å². The molecule has 2 aliphatic rings. The van der Waals surface area contributed by atoms with Crippen LogP contribution in [0.4, 0.5) is 4.79 Å². The quantitative estimate of drug-likeness (QED) is 0.840. The number of carbonyl (C=O) groups is 2. The Hall–Kier alpha value is -2.77. The molecule has 27 heavy (non-hydrogen) atoms. The summed E-state index contributed by atoms with van der Waals surface area (Å²) in [4.78, 5) is 26.3. The molecule has 1 aliphatic heterocycles. The van der Waals surface area contributed by atoms with Gasteiger partial charge >= 0.3 is 6.03 Å². The van der Waals surface area contributed by atoms with Crippen molar-refractivity contribution in [2.24, 2.45) is 5.92 Å². The highest BCUT2D eigenvalue weighted by atomic mass is 16.3. The third-order valence-electron chi connectivity index (χ3n) is 5.26. The summed E-state index contributed by atoms with van der Waals surface area (Å²) in [7, 11) is 0. The molecule has 8 heteroatoms. The summed E-state index contributed by atoms with van der Waals surface area (Å²) in [6, 6.07) is 5.41. The first-order chi connectivity index (χ1) is 13.1. The molecule has 0 atom stereocenters. The van der Waals surface area contributed by atoms with Crippen LogP contribution < -0.4 is 10.6 Å². The molecule has 0 aromatic carbocycles. The van der Waals surface area contributed by atoms with Gasteiger partial charge in [-0.05, 0) is 38.0 Å². The van der Waals surface area contributed by atoms with Crippen LogP contribution in [0.1, 0.15) is 42.2 Å². The lowest BCUT2D eigenvalue weighted by molar-refractivity contribution is -0.139. The van der Waals surface area contributed by atoms with E-state index in [2.05, 4.69) is 15.7 Å². The second-order valence-corrected chi connectivity index (χ2v) is 7.29. The molecule has 1 saturated carbocycles. The lowest BCUT2D eigenvalue weighted by Gasteiger charge is -2.34. The van der Waals surface area contributed by atoms with Crippen LogP contribution in [0.15, 0.2) is 22.6 Å². The maximum atomic E-state index is 12.4. The Morgan fingerprint density at radius 2 is 2.04 bits per heavy atom. The van der Waals surface area contributed by atoms with Gasteiger partial charge in [-0.2, -0.15) is 5.10 Å². The number of hydrogen-bond donors (Lipinski definition) is 2. The van der Waals surface area contributed by atoms with Crippen LogP contribution in [-0.4, -0.2) is 33.2 Å². The van der Waals surface area contributed by atoms with Crippen LogP contribution in [0.2, 0.25) is 0 Å². The number of nitrogens with zero attached hydrogens (tertiary/aromatic N) is 3. The number of fused-ring (bicyclic) bond motifs is 1. The van der Waals surface area contributed by atoms with Gasteiger partial charge < -0.3 is 20.0 Å². The van der Waals surface area contributed by atoms with E-state index in [1.165, 1.54) is 6.42 Å². The zero-order chi connectivity index (χ0) is 18.8. The summed E-state index contributed by atoms with van der Waals surface area (Å²) in [5.41, 5.74) is 1.82. The Labute approximate surface area is 157 Å². The Kier molecular flexibility index (Phi) is 4.87. The van der Waals surface area contributed by atoms with E-state index in [0.29, 0.717) is 32.7 Å². The molecule has 1 aliphatic carbocycles. The maximum absolute atomic E-state index is 12.4. The summed E-state index contributed by atoms with van der Waals surface area (Å²) >= 11 is 0. The van der Waals surface area contributed by atoms with Gasteiger partial charge in [-0.15, -0.1) is 0 Å². The molecule has 2 aromatic heterocycles. The summed E-state index contributed by atoms with van der Waals surface area (Å²) in [5.74, 6) is 2.04. The average Bonchev–Trinajstić information content (AvgIpc) is 3.21. The summed E-state index contributed by atoms with van der Waals surface area (Å²) in [5, 5.41) is 10.1. The zero-order valence-electron chi connectivity index (χ0n) is 15.5. The molecule has 0 spiro atoms. The van der Waals surface area contributed by atoms with E-state index in [0.717, 1.165) is 35.7 Å². The summed E-state index contributed by atoms with van der Waals surface area (Å²) < 4.78 is 7.36. The number of aromatic nitrogens is 2. The number of rotatable bonds is 5. The predicted molar refractivity (Wildman–Crippen MR) is 97.5 cm³/mol. The zero-order valence-corrected chi connectivity index (χ0v) is 15.5. The fourth-order valence-electron chi connectivity index (χ4n) is 3.49. The lowest BCUT2D eigenvalue weighted by atomic mass is 9.84. The van der Waals surface area contributed by atoms with Gasteiger partial charge in [0.2, 0.25) is 5.91 Å². The van der Waals surface area contributed by atoms with E-state index in [4.69, 9.17) is 4.42 Å². The van der Waals surface area contributed by atoms with Crippen molar-refractivity contribution in [2.45, 2.75) is 52.4 Å². The molecular formula is C19H25N5O3. The Bertz CT molecular complexity index is 836.